The third-order valence-electron chi connectivity index (χ3n) is 3.09. The summed E-state index contributed by atoms with van der Waals surface area (Å²) in [6, 6.07) is 8.93. The van der Waals surface area contributed by atoms with Gasteiger partial charge in [-0.2, -0.15) is 0 Å². The summed E-state index contributed by atoms with van der Waals surface area (Å²) in [6.45, 7) is 4.62. The highest BCUT2D eigenvalue weighted by atomic mass is 127. The molecule has 1 heterocycles. The summed E-state index contributed by atoms with van der Waals surface area (Å²) >= 11 is 7.37. The molecule has 0 aliphatic carbocycles. The summed E-state index contributed by atoms with van der Waals surface area (Å²) in [5.41, 5.74) is 1.46. The first-order valence-corrected chi connectivity index (χ1v) is 8.95. The first-order chi connectivity index (χ1) is 11.5. The van der Waals surface area contributed by atoms with Gasteiger partial charge in [0.2, 0.25) is 0 Å². The second-order valence-corrected chi connectivity index (χ2v) is 6.75. The molecule has 24 heavy (non-hydrogen) atoms. The molecule has 0 bridgehead atoms. The Morgan fingerprint density at radius 1 is 1.33 bits per heavy atom. The Kier molecular flexibility index (Phi) is 6.92. The van der Waals surface area contributed by atoms with Crippen LogP contribution in [-0.4, -0.2) is 22.6 Å². The average Bonchev–Trinajstić information content (AvgIpc) is 2.56. The van der Waals surface area contributed by atoms with Crippen LogP contribution in [-0.2, 0) is 0 Å². The van der Waals surface area contributed by atoms with Crippen LogP contribution in [0.3, 0.4) is 0 Å². The molecule has 0 saturated carbocycles. The second kappa shape index (κ2) is 8.93. The Bertz CT molecular complexity index is 735. The zero-order valence-electron chi connectivity index (χ0n) is 13.4. The quantitative estimate of drug-likeness (QED) is 0.529. The Hall–Kier alpha value is -1.74. The number of aromatic nitrogens is 1. The molecule has 2 N–H and O–H groups in total. The Labute approximate surface area is 160 Å². The monoisotopic (exact) mass is 455 g/mol. The summed E-state index contributed by atoms with van der Waals surface area (Å²) < 4.78 is 6.53. The van der Waals surface area contributed by atoms with Crippen molar-refractivity contribution in [2.45, 2.75) is 20.3 Å². The molecule has 0 unspecified atom stereocenters. The standard InChI is InChI=1S/C17H18IN3O2S/c1-3-8-23-14-6-4-12(5-7-14)16(22)21-17(24)20-15-11(2)9-13(18)10-19-15/h4-7,9-10H,3,8H2,1-2H3,(H2,19,20,21,22,24). The molecule has 1 aromatic carbocycles. The highest BCUT2D eigenvalue weighted by Gasteiger charge is 2.09. The van der Waals surface area contributed by atoms with E-state index in [4.69, 9.17) is 17.0 Å². The summed E-state index contributed by atoms with van der Waals surface area (Å²) in [5.74, 6) is 1.09. The second-order valence-electron chi connectivity index (χ2n) is 5.10. The van der Waals surface area contributed by atoms with Gasteiger partial charge in [0.15, 0.2) is 5.11 Å². The molecular formula is C17H18IN3O2S. The summed E-state index contributed by atoms with van der Waals surface area (Å²) in [6.07, 6.45) is 2.67. The Balaban J connectivity index is 1.94. The number of aryl methyl sites for hydroxylation is 1. The predicted molar refractivity (Wildman–Crippen MR) is 108 cm³/mol. The zero-order valence-corrected chi connectivity index (χ0v) is 16.4. The normalized spacial score (nSPS) is 10.1. The smallest absolute Gasteiger partial charge is 0.257 e. The van der Waals surface area contributed by atoms with Crippen LogP contribution in [0.15, 0.2) is 36.5 Å². The van der Waals surface area contributed by atoms with Crippen LogP contribution >= 0.6 is 34.8 Å². The SMILES string of the molecule is CCCOc1ccc(C(=O)NC(=S)Nc2ncc(I)cc2C)cc1. The summed E-state index contributed by atoms with van der Waals surface area (Å²) in [5, 5.41) is 5.80. The Morgan fingerprint density at radius 2 is 2.04 bits per heavy atom. The number of thiocarbonyl (C=S) groups is 1. The minimum absolute atomic E-state index is 0.211. The maximum absolute atomic E-state index is 12.2. The van der Waals surface area contributed by atoms with Crippen LogP contribution in [0.25, 0.3) is 0 Å². The number of nitrogens with one attached hydrogen (secondary N) is 2. The topological polar surface area (TPSA) is 63.2 Å². The average molecular weight is 455 g/mol. The van der Waals surface area contributed by atoms with Crippen LogP contribution in [0.2, 0.25) is 0 Å². The molecular weight excluding hydrogens is 437 g/mol. The maximum atomic E-state index is 12.2. The number of anilines is 1. The molecule has 0 aliphatic heterocycles. The number of benzene rings is 1. The van der Waals surface area contributed by atoms with Crippen molar-refractivity contribution >= 4 is 51.6 Å². The third-order valence-corrected chi connectivity index (χ3v) is 3.89. The van der Waals surface area contributed by atoms with Crippen molar-refractivity contribution in [3.63, 3.8) is 0 Å². The van der Waals surface area contributed by atoms with E-state index in [1.807, 2.05) is 19.9 Å². The van der Waals surface area contributed by atoms with Gasteiger partial charge in [-0.3, -0.25) is 10.1 Å². The molecule has 1 aromatic heterocycles. The van der Waals surface area contributed by atoms with E-state index >= 15 is 0 Å². The van der Waals surface area contributed by atoms with Crippen molar-refractivity contribution in [3.8, 4) is 5.75 Å². The molecule has 5 nitrogen and oxygen atoms in total. The van der Waals surface area contributed by atoms with E-state index < -0.39 is 0 Å². The van der Waals surface area contributed by atoms with E-state index in [0.717, 1.165) is 21.3 Å². The van der Waals surface area contributed by atoms with Crippen molar-refractivity contribution in [2.24, 2.45) is 0 Å². The van der Waals surface area contributed by atoms with Crippen molar-refractivity contribution in [3.05, 3.63) is 51.2 Å². The molecule has 2 aromatic rings. The van der Waals surface area contributed by atoms with E-state index in [-0.39, 0.29) is 11.0 Å². The minimum atomic E-state index is -0.280. The fourth-order valence-corrected chi connectivity index (χ4v) is 2.70. The van der Waals surface area contributed by atoms with E-state index in [1.165, 1.54) is 0 Å². The van der Waals surface area contributed by atoms with Crippen molar-refractivity contribution in [1.29, 1.82) is 0 Å². The third kappa shape index (κ3) is 5.41. The molecule has 7 heteroatoms. The van der Waals surface area contributed by atoms with Gasteiger partial charge in [-0.25, -0.2) is 4.98 Å². The van der Waals surface area contributed by atoms with Crippen LogP contribution < -0.4 is 15.4 Å². The van der Waals surface area contributed by atoms with Gasteiger partial charge in [-0.05, 0) is 84.0 Å². The number of pyridine rings is 1. The molecule has 126 valence electrons. The van der Waals surface area contributed by atoms with Crippen molar-refractivity contribution in [1.82, 2.24) is 10.3 Å². The van der Waals surface area contributed by atoms with Gasteiger partial charge in [0.05, 0.1) is 6.61 Å². The maximum Gasteiger partial charge on any atom is 0.257 e. The Morgan fingerprint density at radius 3 is 2.67 bits per heavy atom. The molecule has 0 saturated heterocycles. The number of carbonyl (C=O) groups is 1. The van der Waals surface area contributed by atoms with Gasteiger partial charge in [0, 0.05) is 15.3 Å². The van der Waals surface area contributed by atoms with Gasteiger partial charge >= 0.3 is 0 Å². The molecule has 0 fully saturated rings. The van der Waals surface area contributed by atoms with E-state index in [1.54, 1.807) is 30.5 Å². The van der Waals surface area contributed by atoms with Gasteiger partial charge in [-0.15, -0.1) is 0 Å². The van der Waals surface area contributed by atoms with Gasteiger partial charge in [0.1, 0.15) is 11.6 Å². The molecule has 0 atom stereocenters. The molecule has 0 aliphatic rings. The van der Waals surface area contributed by atoms with E-state index in [2.05, 4.69) is 38.2 Å². The van der Waals surface area contributed by atoms with Crippen LogP contribution in [0.5, 0.6) is 5.75 Å². The number of halogens is 1. The van der Waals surface area contributed by atoms with Gasteiger partial charge in [0.25, 0.3) is 5.91 Å². The highest BCUT2D eigenvalue weighted by molar-refractivity contribution is 14.1. The first kappa shape index (κ1) is 18.6. The predicted octanol–water partition coefficient (Wildman–Crippen LogP) is 3.91. The van der Waals surface area contributed by atoms with E-state index in [9.17, 15) is 4.79 Å². The number of hydrogen-bond acceptors (Lipinski definition) is 4. The molecule has 1 amide bonds. The first-order valence-electron chi connectivity index (χ1n) is 7.47. The van der Waals surface area contributed by atoms with Crippen molar-refractivity contribution < 1.29 is 9.53 Å². The summed E-state index contributed by atoms with van der Waals surface area (Å²) in [4.78, 5) is 16.5. The number of rotatable bonds is 5. The zero-order chi connectivity index (χ0) is 17.5. The molecule has 2 rings (SSSR count). The number of carbonyl (C=O) groups excluding carboxylic acids is 1. The fourth-order valence-electron chi connectivity index (χ4n) is 1.91. The van der Waals surface area contributed by atoms with Gasteiger partial charge in [-0.1, -0.05) is 6.92 Å². The number of amides is 1. The lowest BCUT2D eigenvalue weighted by Gasteiger charge is -2.11. The summed E-state index contributed by atoms with van der Waals surface area (Å²) in [7, 11) is 0. The van der Waals surface area contributed by atoms with E-state index in [0.29, 0.717) is 18.0 Å². The lowest BCUT2D eigenvalue weighted by molar-refractivity contribution is 0.0977. The largest absolute Gasteiger partial charge is 0.494 e. The number of ether oxygens (including phenoxy) is 1. The molecule has 0 radical (unpaired) electrons. The van der Waals surface area contributed by atoms with Gasteiger partial charge < -0.3 is 10.1 Å². The van der Waals surface area contributed by atoms with Crippen LogP contribution in [0.4, 0.5) is 5.82 Å². The van der Waals surface area contributed by atoms with Crippen molar-refractivity contribution in [2.75, 3.05) is 11.9 Å². The number of nitrogens with zero attached hydrogens (tertiary/aromatic N) is 1. The fraction of sp³-hybridized carbons (Fsp3) is 0.235. The number of hydrogen-bond donors (Lipinski definition) is 2. The minimum Gasteiger partial charge on any atom is -0.494 e. The van der Waals surface area contributed by atoms with Crippen LogP contribution in [0.1, 0.15) is 29.3 Å². The lowest BCUT2D eigenvalue weighted by Crippen LogP contribution is -2.34. The van der Waals surface area contributed by atoms with Crippen LogP contribution in [0, 0.1) is 10.5 Å². The lowest BCUT2D eigenvalue weighted by atomic mass is 10.2. The molecule has 0 spiro atoms. The highest BCUT2D eigenvalue weighted by Crippen LogP contribution is 2.15.